The van der Waals surface area contributed by atoms with E-state index < -0.39 is 0 Å². The Morgan fingerprint density at radius 2 is 2.08 bits per heavy atom. The lowest BCUT2D eigenvalue weighted by Gasteiger charge is -2.04. The maximum absolute atomic E-state index is 5.52. The van der Waals surface area contributed by atoms with Crippen molar-refractivity contribution in [1.82, 2.24) is 0 Å². The molecule has 2 nitrogen and oxygen atoms in total. The van der Waals surface area contributed by atoms with Crippen molar-refractivity contribution in [3.05, 3.63) is 29.3 Å². The van der Waals surface area contributed by atoms with E-state index in [-0.39, 0.29) is 12.4 Å². The Kier molecular flexibility index (Phi) is 4.71. The van der Waals surface area contributed by atoms with E-state index in [0.717, 1.165) is 11.3 Å². The number of benzene rings is 1. The van der Waals surface area contributed by atoms with Gasteiger partial charge < -0.3 is 10.5 Å². The smallest absolute Gasteiger partial charge is 0.119 e. The second-order valence-corrected chi connectivity index (χ2v) is 2.50. The fourth-order valence-electron chi connectivity index (χ4n) is 0.995. The molecule has 0 saturated heterocycles. The number of methoxy groups -OCH3 is 1. The lowest BCUT2D eigenvalue weighted by atomic mass is 10.1. The number of rotatable bonds is 2. The van der Waals surface area contributed by atoms with Gasteiger partial charge in [0.05, 0.1) is 7.11 Å². The van der Waals surface area contributed by atoms with Crippen molar-refractivity contribution in [1.29, 1.82) is 0 Å². The SMILES string of the molecule is COc1ccc(C)c(CN)c1.Cl. The van der Waals surface area contributed by atoms with Crippen LogP contribution in [0.4, 0.5) is 0 Å². The van der Waals surface area contributed by atoms with Gasteiger partial charge in [-0.1, -0.05) is 6.07 Å². The van der Waals surface area contributed by atoms with E-state index >= 15 is 0 Å². The third kappa shape index (κ3) is 2.40. The molecule has 0 fully saturated rings. The van der Waals surface area contributed by atoms with Gasteiger partial charge in [0.2, 0.25) is 0 Å². The first kappa shape index (κ1) is 11.3. The van der Waals surface area contributed by atoms with Crippen LogP contribution < -0.4 is 10.5 Å². The van der Waals surface area contributed by atoms with Crippen LogP contribution in [0.25, 0.3) is 0 Å². The highest BCUT2D eigenvalue weighted by Crippen LogP contribution is 2.15. The summed E-state index contributed by atoms with van der Waals surface area (Å²) in [6.45, 7) is 2.62. The Hall–Kier alpha value is -0.730. The Balaban J connectivity index is 0.00000121. The number of aryl methyl sites for hydroxylation is 1. The van der Waals surface area contributed by atoms with Crippen LogP contribution in [-0.2, 0) is 6.54 Å². The quantitative estimate of drug-likeness (QED) is 0.768. The summed E-state index contributed by atoms with van der Waals surface area (Å²) in [7, 11) is 1.66. The van der Waals surface area contributed by atoms with Gasteiger partial charge in [-0.25, -0.2) is 0 Å². The molecule has 3 heteroatoms. The van der Waals surface area contributed by atoms with Crippen molar-refractivity contribution < 1.29 is 4.74 Å². The van der Waals surface area contributed by atoms with Crippen LogP contribution >= 0.6 is 12.4 Å². The molecule has 0 bridgehead atoms. The summed E-state index contributed by atoms with van der Waals surface area (Å²) in [6, 6.07) is 5.92. The summed E-state index contributed by atoms with van der Waals surface area (Å²) >= 11 is 0. The standard InChI is InChI=1S/C9H13NO.ClH/c1-7-3-4-9(11-2)5-8(7)6-10;/h3-5H,6,10H2,1-2H3;1H. The summed E-state index contributed by atoms with van der Waals surface area (Å²) in [6.07, 6.45) is 0. The van der Waals surface area contributed by atoms with E-state index in [4.69, 9.17) is 10.5 Å². The van der Waals surface area contributed by atoms with Crippen LogP contribution in [0.5, 0.6) is 5.75 Å². The van der Waals surface area contributed by atoms with Crippen molar-refractivity contribution >= 4 is 12.4 Å². The Bertz CT molecular complexity index is 250. The molecule has 68 valence electrons. The molecule has 0 saturated carbocycles. The van der Waals surface area contributed by atoms with Crippen molar-refractivity contribution in [3.63, 3.8) is 0 Å². The number of halogens is 1. The summed E-state index contributed by atoms with van der Waals surface area (Å²) < 4.78 is 5.06. The van der Waals surface area contributed by atoms with Gasteiger partial charge in [-0.3, -0.25) is 0 Å². The minimum Gasteiger partial charge on any atom is -0.497 e. The first-order valence-electron chi connectivity index (χ1n) is 3.61. The minimum atomic E-state index is 0. The van der Waals surface area contributed by atoms with Gasteiger partial charge in [0.1, 0.15) is 5.75 Å². The normalized spacial score (nSPS) is 8.92. The number of hydrogen-bond acceptors (Lipinski definition) is 2. The fourth-order valence-corrected chi connectivity index (χ4v) is 0.995. The monoisotopic (exact) mass is 187 g/mol. The van der Waals surface area contributed by atoms with Crippen molar-refractivity contribution in [2.75, 3.05) is 7.11 Å². The van der Waals surface area contributed by atoms with E-state index in [1.807, 2.05) is 25.1 Å². The summed E-state index contributed by atoms with van der Waals surface area (Å²) in [5.41, 5.74) is 7.88. The van der Waals surface area contributed by atoms with E-state index in [1.165, 1.54) is 5.56 Å². The molecule has 2 N–H and O–H groups in total. The molecule has 1 aromatic carbocycles. The maximum Gasteiger partial charge on any atom is 0.119 e. The molecule has 0 amide bonds. The summed E-state index contributed by atoms with van der Waals surface area (Å²) in [5, 5.41) is 0. The minimum absolute atomic E-state index is 0. The predicted molar refractivity (Wildman–Crippen MR) is 52.9 cm³/mol. The molecule has 0 radical (unpaired) electrons. The van der Waals surface area contributed by atoms with Crippen molar-refractivity contribution in [2.45, 2.75) is 13.5 Å². The number of nitrogens with two attached hydrogens (primary N) is 1. The van der Waals surface area contributed by atoms with Gasteiger partial charge in [0.25, 0.3) is 0 Å². The lowest BCUT2D eigenvalue weighted by molar-refractivity contribution is 0.414. The van der Waals surface area contributed by atoms with Crippen LogP contribution in [0.2, 0.25) is 0 Å². The van der Waals surface area contributed by atoms with E-state index in [9.17, 15) is 0 Å². The zero-order valence-corrected chi connectivity index (χ0v) is 8.15. The van der Waals surface area contributed by atoms with E-state index in [1.54, 1.807) is 7.11 Å². The highest BCUT2D eigenvalue weighted by molar-refractivity contribution is 5.85. The van der Waals surface area contributed by atoms with Gasteiger partial charge in [-0.15, -0.1) is 12.4 Å². The van der Waals surface area contributed by atoms with Crippen LogP contribution in [0.3, 0.4) is 0 Å². The molecule has 12 heavy (non-hydrogen) atoms. The Morgan fingerprint density at radius 1 is 1.42 bits per heavy atom. The van der Waals surface area contributed by atoms with Gasteiger partial charge >= 0.3 is 0 Å². The first-order valence-corrected chi connectivity index (χ1v) is 3.61. The van der Waals surface area contributed by atoms with Gasteiger partial charge in [-0.05, 0) is 30.2 Å². The molecule has 0 heterocycles. The molecule has 1 rings (SSSR count). The molecule has 0 aliphatic rings. The van der Waals surface area contributed by atoms with Crippen molar-refractivity contribution in [3.8, 4) is 5.75 Å². The molecular formula is C9H14ClNO. The number of ether oxygens (including phenoxy) is 1. The van der Waals surface area contributed by atoms with Crippen LogP contribution in [-0.4, -0.2) is 7.11 Å². The average Bonchev–Trinajstić information content (AvgIpc) is 2.05. The molecule has 0 aliphatic carbocycles. The van der Waals surface area contributed by atoms with Crippen molar-refractivity contribution in [2.24, 2.45) is 5.73 Å². The van der Waals surface area contributed by atoms with Crippen LogP contribution in [0.15, 0.2) is 18.2 Å². The van der Waals surface area contributed by atoms with E-state index in [2.05, 4.69) is 0 Å². The molecule has 0 spiro atoms. The van der Waals surface area contributed by atoms with Crippen LogP contribution in [0, 0.1) is 6.92 Å². The molecule has 1 aromatic rings. The largest absolute Gasteiger partial charge is 0.497 e. The van der Waals surface area contributed by atoms with E-state index in [0.29, 0.717) is 6.54 Å². The Morgan fingerprint density at radius 3 is 2.58 bits per heavy atom. The molecular weight excluding hydrogens is 174 g/mol. The zero-order valence-electron chi connectivity index (χ0n) is 7.33. The Labute approximate surface area is 79.1 Å². The number of hydrogen-bond donors (Lipinski definition) is 1. The van der Waals surface area contributed by atoms with Gasteiger partial charge in [0, 0.05) is 6.54 Å². The second kappa shape index (κ2) is 5.01. The molecule has 0 aliphatic heterocycles. The predicted octanol–water partition coefficient (Wildman–Crippen LogP) is 1.88. The average molecular weight is 188 g/mol. The zero-order chi connectivity index (χ0) is 8.27. The highest BCUT2D eigenvalue weighted by Gasteiger charge is 1.96. The maximum atomic E-state index is 5.52. The van der Waals surface area contributed by atoms with Crippen LogP contribution in [0.1, 0.15) is 11.1 Å². The molecule has 0 atom stereocenters. The fraction of sp³-hybridized carbons (Fsp3) is 0.333. The summed E-state index contributed by atoms with van der Waals surface area (Å²) in [4.78, 5) is 0. The molecule has 0 aromatic heterocycles. The third-order valence-corrected chi connectivity index (χ3v) is 1.78. The van der Waals surface area contributed by atoms with Gasteiger partial charge in [0.15, 0.2) is 0 Å². The lowest BCUT2D eigenvalue weighted by Crippen LogP contribution is -1.99. The first-order chi connectivity index (χ1) is 5.27. The topological polar surface area (TPSA) is 35.2 Å². The molecule has 0 unspecified atom stereocenters. The third-order valence-electron chi connectivity index (χ3n) is 1.78. The second-order valence-electron chi connectivity index (χ2n) is 2.50. The summed E-state index contributed by atoms with van der Waals surface area (Å²) in [5.74, 6) is 0.871. The van der Waals surface area contributed by atoms with Gasteiger partial charge in [-0.2, -0.15) is 0 Å². The highest BCUT2D eigenvalue weighted by atomic mass is 35.5.